The highest BCUT2D eigenvalue weighted by atomic mass is 79.9. The van der Waals surface area contributed by atoms with Crippen molar-refractivity contribution < 1.29 is 4.79 Å². The first kappa shape index (κ1) is 20.2. The molecule has 0 aliphatic carbocycles. The standard InChI is InChI=1S/C25H20BrN5O/c26-17-10-12-18(13-11-17)31-20-9-5-4-8-19(20)21-22(27)29-23(30-24(21)31)25(32)28-15-14-16-6-2-1-3-7-16/h1-13H,14-15H2,(H,28,32)(H2,27,29,30). The van der Waals surface area contributed by atoms with Gasteiger partial charge in [0.25, 0.3) is 5.91 Å². The minimum atomic E-state index is -0.345. The Bertz CT molecular complexity index is 1430. The average Bonchev–Trinajstić information content (AvgIpc) is 3.15. The number of nitrogen functional groups attached to an aromatic ring is 1. The van der Waals surface area contributed by atoms with Crippen LogP contribution in [0.3, 0.4) is 0 Å². The van der Waals surface area contributed by atoms with E-state index < -0.39 is 0 Å². The molecule has 0 bridgehead atoms. The highest BCUT2D eigenvalue weighted by Crippen LogP contribution is 2.33. The Morgan fingerprint density at radius 1 is 0.938 bits per heavy atom. The van der Waals surface area contributed by atoms with Crippen molar-refractivity contribution >= 4 is 49.6 Å². The first-order valence-corrected chi connectivity index (χ1v) is 11.1. The Balaban J connectivity index is 1.56. The second-order valence-electron chi connectivity index (χ2n) is 7.45. The molecule has 32 heavy (non-hydrogen) atoms. The van der Waals surface area contributed by atoms with Crippen LogP contribution in [0, 0.1) is 0 Å². The van der Waals surface area contributed by atoms with E-state index in [1.165, 1.54) is 0 Å². The van der Waals surface area contributed by atoms with E-state index in [1.807, 2.05) is 83.4 Å². The number of halogens is 1. The molecule has 3 N–H and O–H groups in total. The number of fused-ring (bicyclic) bond motifs is 3. The van der Waals surface area contributed by atoms with Gasteiger partial charge in [0, 0.05) is 22.1 Å². The number of aromatic nitrogens is 3. The molecule has 0 radical (unpaired) electrons. The van der Waals surface area contributed by atoms with Gasteiger partial charge in [-0.1, -0.05) is 64.5 Å². The molecule has 0 unspecified atom stereocenters. The van der Waals surface area contributed by atoms with Crippen molar-refractivity contribution in [2.45, 2.75) is 6.42 Å². The third kappa shape index (κ3) is 3.71. The Morgan fingerprint density at radius 3 is 2.44 bits per heavy atom. The molecule has 0 fully saturated rings. The fraction of sp³-hybridized carbons (Fsp3) is 0.0800. The van der Waals surface area contributed by atoms with Crippen LogP contribution >= 0.6 is 15.9 Å². The predicted molar refractivity (Wildman–Crippen MR) is 131 cm³/mol. The summed E-state index contributed by atoms with van der Waals surface area (Å²) in [5, 5.41) is 4.59. The summed E-state index contributed by atoms with van der Waals surface area (Å²) in [4.78, 5) is 21.8. The minimum Gasteiger partial charge on any atom is -0.383 e. The molecule has 0 spiro atoms. The molecule has 0 saturated carbocycles. The zero-order valence-electron chi connectivity index (χ0n) is 17.1. The number of carbonyl (C=O) groups is 1. The summed E-state index contributed by atoms with van der Waals surface area (Å²) in [7, 11) is 0. The molecule has 5 rings (SSSR count). The van der Waals surface area contributed by atoms with E-state index >= 15 is 0 Å². The highest BCUT2D eigenvalue weighted by molar-refractivity contribution is 9.10. The quantitative estimate of drug-likeness (QED) is 0.371. The zero-order valence-corrected chi connectivity index (χ0v) is 18.7. The third-order valence-corrected chi connectivity index (χ3v) is 5.90. The first-order chi connectivity index (χ1) is 15.6. The lowest BCUT2D eigenvalue weighted by molar-refractivity contribution is 0.0944. The van der Waals surface area contributed by atoms with Gasteiger partial charge in [0.05, 0.1) is 10.9 Å². The van der Waals surface area contributed by atoms with Gasteiger partial charge in [-0.2, -0.15) is 0 Å². The number of para-hydroxylation sites is 1. The van der Waals surface area contributed by atoms with Gasteiger partial charge in [0.1, 0.15) is 5.82 Å². The first-order valence-electron chi connectivity index (χ1n) is 10.3. The maximum absolute atomic E-state index is 12.8. The average molecular weight is 486 g/mol. The lowest BCUT2D eigenvalue weighted by atomic mass is 10.1. The number of carbonyl (C=O) groups excluding carboxylic acids is 1. The monoisotopic (exact) mass is 485 g/mol. The molecule has 6 nitrogen and oxygen atoms in total. The normalized spacial score (nSPS) is 11.2. The van der Waals surface area contributed by atoms with Crippen LogP contribution in [-0.2, 0) is 6.42 Å². The Kier molecular flexibility index (Phi) is 5.33. The highest BCUT2D eigenvalue weighted by Gasteiger charge is 2.20. The summed E-state index contributed by atoms with van der Waals surface area (Å²) < 4.78 is 2.99. The van der Waals surface area contributed by atoms with Crippen LogP contribution in [0.25, 0.3) is 27.6 Å². The summed E-state index contributed by atoms with van der Waals surface area (Å²) in [6.45, 7) is 0.486. The number of rotatable bonds is 5. The van der Waals surface area contributed by atoms with Gasteiger partial charge in [0.15, 0.2) is 5.65 Å². The van der Waals surface area contributed by atoms with Gasteiger partial charge in [0.2, 0.25) is 5.82 Å². The molecule has 5 aromatic rings. The number of nitrogens with zero attached hydrogens (tertiary/aromatic N) is 3. The van der Waals surface area contributed by atoms with Gasteiger partial charge in [-0.25, -0.2) is 9.97 Å². The molecule has 0 saturated heterocycles. The van der Waals surface area contributed by atoms with Gasteiger partial charge in [-0.3, -0.25) is 9.36 Å². The summed E-state index contributed by atoms with van der Waals surface area (Å²) >= 11 is 3.48. The second-order valence-corrected chi connectivity index (χ2v) is 8.37. The van der Waals surface area contributed by atoms with E-state index in [-0.39, 0.29) is 17.5 Å². The Hall–Kier alpha value is -3.71. The van der Waals surface area contributed by atoms with Gasteiger partial charge < -0.3 is 11.1 Å². The number of hydrogen-bond acceptors (Lipinski definition) is 4. The number of anilines is 1. The molecular weight excluding hydrogens is 466 g/mol. The SMILES string of the molecule is Nc1nc(C(=O)NCCc2ccccc2)nc2c1c1ccccc1n2-c1ccc(Br)cc1. The van der Waals surface area contributed by atoms with Crippen molar-refractivity contribution in [2.24, 2.45) is 0 Å². The van der Waals surface area contributed by atoms with E-state index in [1.54, 1.807) is 0 Å². The van der Waals surface area contributed by atoms with Crippen LogP contribution in [0.4, 0.5) is 5.82 Å². The van der Waals surface area contributed by atoms with Gasteiger partial charge in [-0.15, -0.1) is 0 Å². The van der Waals surface area contributed by atoms with Gasteiger partial charge in [-0.05, 0) is 42.3 Å². The molecule has 0 atom stereocenters. The lowest BCUT2D eigenvalue weighted by Gasteiger charge is -2.09. The molecule has 1 amide bonds. The molecular formula is C25H20BrN5O. The summed E-state index contributed by atoms with van der Waals surface area (Å²) in [6.07, 6.45) is 0.726. The van der Waals surface area contributed by atoms with Crippen molar-refractivity contribution in [2.75, 3.05) is 12.3 Å². The van der Waals surface area contributed by atoms with Gasteiger partial charge >= 0.3 is 0 Å². The molecule has 0 aliphatic heterocycles. The largest absolute Gasteiger partial charge is 0.383 e. The van der Waals surface area contributed by atoms with Crippen molar-refractivity contribution in [1.82, 2.24) is 19.9 Å². The fourth-order valence-electron chi connectivity index (χ4n) is 3.88. The lowest BCUT2D eigenvalue weighted by Crippen LogP contribution is -2.28. The minimum absolute atomic E-state index is 0.0595. The van der Waals surface area contributed by atoms with E-state index in [2.05, 4.69) is 31.2 Å². The molecule has 2 aromatic heterocycles. The fourth-order valence-corrected chi connectivity index (χ4v) is 4.14. The van der Waals surface area contributed by atoms with Crippen LogP contribution in [0.2, 0.25) is 0 Å². The van der Waals surface area contributed by atoms with E-state index in [0.29, 0.717) is 12.2 Å². The van der Waals surface area contributed by atoms with Crippen LogP contribution in [0.1, 0.15) is 16.2 Å². The third-order valence-electron chi connectivity index (χ3n) is 5.37. The van der Waals surface area contributed by atoms with Crippen molar-refractivity contribution in [3.8, 4) is 5.69 Å². The topological polar surface area (TPSA) is 85.8 Å². The van der Waals surface area contributed by atoms with Crippen molar-refractivity contribution in [3.05, 3.63) is 94.7 Å². The number of amides is 1. The molecule has 158 valence electrons. The van der Waals surface area contributed by atoms with E-state index in [4.69, 9.17) is 5.73 Å². The summed E-state index contributed by atoms with van der Waals surface area (Å²) in [6, 6.07) is 25.9. The van der Waals surface area contributed by atoms with Crippen LogP contribution in [-0.4, -0.2) is 27.0 Å². The zero-order chi connectivity index (χ0) is 22.1. The van der Waals surface area contributed by atoms with Crippen molar-refractivity contribution in [1.29, 1.82) is 0 Å². The Morgan fingerprint density at radius 2 is 1.66 bits per heavy atom. The van der Waals surface area contributed by atoms with Crippen molar-refractivity contribution in [3.63, 3.8) is 0 Å². The summed E-state index contributed by atoms with van der Waals surface area (Å²) in [5.41, 5.74) is 9.98. The van der Waals surface area contributed by atoms with Crippen LogP contribution in [0.15, 0.2) is 83.3 Å². The molecule has 3 aromatic carbocycles. The second kappa shape index (κ2) is 8.43. The Labute approximate surface area is 193 Å². The molecule has 2 heterocycles. The van der Waals surface area contributed by atoms with E-state index in [9.17, 15) is 4.79 Å². The smallest absolute Gasteiger partial charge is 0.289 e. The number of benzene rings is 3. The number of nitrogens with one attached hydrogen (secondary N) is 1. The van der Waals surface area contributed by atoms with E-state index in [0.717, 1.165) is 38.4 Å². The molecule has 7 heteroatoms. The van der Waals surface area contributed by atoms with Crippen LogP contribution < -0.4 is 11.1 Å². The molecule has 0 aliphatic rings. The number of hydrogen-bond donors (Lipinski definition) is 2. The number of nitrogens with two attached hydrogens (primary N) is 1. The predicted octanol–water partition coefficient (Wildman–Crippen LogP) is 4.89. The summed E-state index contributed by atoms with van der Waals surface area (Å²) in [5.74, 6) is 0.00152. The maximum atomic E-state index is 12.8. The maximum Gasteiger partial charge on any atom is 0.289 e. The van der Waals surface area contributed by atoms with Crippen LogP contribution in [0.5, 0.6) is 0 Å².